The molecule has 164 valence electrons. The van der Waals surface area contributed by atoms with E-state index >= 15 is 0 Å². The van der Waals surface area contributed by atoms with Crippen LogP contribution in [-0.4, -0.2) is 36.0 Å². The van der Waals surface area contributed by atoms with Crippen molar-refractivity contribution in [3.8, 4) is 11.5 Å². The van der Waals surface area contributed by atoms with E-state index in [-0.39, 0.29) is 36.2 Å². The molecule has 30 heavy (non-hydrogen) atoms. The first-order valence-electron chi connectivity index (χ1n) is 9.91. The van der Waals surface area contributed by atoms with Crippen molar-refractivity contribution < 1.29 is 29.0 Å². The third-order valence-corrected chi connectivity index (χ3v) is 5.34. The fourth-order valence-corrected chi connectivity index (χ4v) is 3.53. The Morgan fingerprint density at radius 3 is 2.57 bits per heavy atom. The standard InChI is InChI=1S/C22H30N2O6/c1-11(2)18(21(23)27)24-16(25)9-7-12(3)6-8-14-19(26)17-15(10-30-22(17)28)13(4)20(14)29-5/h6,11,18,26H,7-10H2,1-5H3,(H2,23,27)(H,24,25)/b12-6-. The van der Waals surface area contributed by atoms with Crippen LogP contribution < -0.4 is 15.8 Å². The lowest BCUT2D eigenvalue weighted by Crippen LogP contribution is -2.47. The summed E-state index contributed by atoms with van der Waals surface area (Å²) < 4.78 is 10.5. The van der Waals surface area contributed by atoms with Crippen LogP contribution in [0.2, 0.25) is 0 Å². The van der Waals surface area contributed by atoms with Crippen molar-refractivity contribution in [2.45, 2.75) is 59.6 Å². The number of ether oxygens (including phenoxy) is 2. The largest absolute Gasteiger partial charge is 0.507 e. The number of aromatic hydroxyl groups is 1. The number of phenolic OH excluding ortho intramolecular Hbond substituents is 1. The Bertz CT molecular complexity index is 888. The molecule has 0 spiro atoms. The van der Waals surface area contributed by atoms with Gasteiger partial charge < -0.3 is 25.6 Å². The number of primary amides is 1. The topological polar surface area (TPSA) is 128 Å². The maximum Gasteiger partial charge on any atom is 0.342 e. The summed E-state index contributed by atoms with van der Waals surface area (Å²) in [5, 5.41) is 13.3. The highest BCUT2D eigenvalue weighted by Gasteiger charge is 2.31. The maximum atomic E-state index is 12.1. The predicted molar refractivity (Wildman–Crippen MR) is 111 cm³/mol. The Hall–Kier alpha value is -3.03. The van der Waals surface area contributed by atoms with Crippen molar-refractivity contribution in [2.24, 2.45) is 11.7 Å². The van der Waals surface area contributed by atoms with Crippen LogP contribution in [0.3, 0.4) is 0 Å². The van der Waals surface area contributed by atoms with E-state index in [1.807, 2.05) is 33.8 Å². The van der Waals surface area contributed by atoms with Crippen molar-refractivity contribution in [2.75, 3.05) is 7.11 Å². The monoisotopic (exact) mass is 418 g/mol. The molecule has 0 saturated heterocycles. The van der Waals surface area contributed by atoms with E-state index in [1.165, 1.54) is 7.11 Å². The lowest BCUT2D eigenvalue weighted by atomic mass is 9.94. The van der Waals surface area contributed by atoms with Crippen LogP contribution in [0.4, 0.5) is 0 Å². The van der Waals surface area contributed by atoms with Crippen LogP contribution in [-0.2, 0) is 27.4 Å². The first-order chi connectivity index (χ1) is 14.1. The van der Waals surface area contributed by atoms with Crippen molar-refractivity contribution in [1.82, 2.24) is 5.32 Å². The number of amides is 2. The summed E-state index contributed by atoms with van der Waals surface area (Å²) in [6.45, 7) is 7.45. The molecule has 0 aromatic heterocycles. The predicted octanol–water partition coefficient (Wildman–Crippen LogP) is 2.27. The second-order valence-corrected chi connectivity index (χ2v) is 7.86. The van der Waals surface area contributed by atoms with Gasteiger partial charge in [-0.15, -0.1) is 0 Å². The quantitative estimate of drug-likeness (QED) is 0.417. The Morgan fingerprint density at radius 2 is 2.00 bits per heavy atom. The average Bonchev–Trinajstić information content (AvgIpc) is 3.07. The van der Waals surface area contributed by atoms with Crippen LogP contribution in [0.1, 0.15) is 60.7 Å². The molecule has 2 amide bonds. The third kappa shape index (κ3) is 4.93. The fourth-order valence-electron chi connectivity index (χ4n) is 3.53. The van der Waals surface area contributed by atoms with Gasteiger partial charge >= 0.3 is 5.97 Å². The highest BCUT2D eigenvalue weighted by Crippen LogP contribution is 2.42. The Balaban J connectivity index is 2.10. The first kappa shape index (κ1) is 23.3. The van der Waals surface area contributed by atoms with E-state index in [9.17, 15) is 19.5 Å². The Kier molecular flexibility index (Phi) is 7.48. The summed E-state index contributed by atoms with van der Waals surface area (Å²) >= 11 is 0. The number of rotatable bonds is 9. The molecule has 4 N–H and O–H groups in total. The van der Waals surface area contributed by atoms with Crippen molar-refractivity contribution in [3.05, 3.63) is 33.9 Å². The Labute approximate surface area is 176 Å². The summed E-state index contributed by atoms with van der Waals surface area (Å²) in [6, 6.07) is -0.697. The number of carbonyl (C=O) groups excluding carboxylic acids is 3. The van der Waals surface area contributed by atoms with Crippen LogP contribution in [0, 0.1) is 12.8 Å². The third-order valence-electron chi connectivity index (χ3n) is 5.34. The zero-order valence-corrected chi connectivity index (χ0v) is 18.1. The van der Waals surface area contributed by atoms with E-state index in [0.29, 0.717) is 29.7 Å². The summed E-state index contributed by atoms with van der Waals surface area (Å²) in [5.41, 5.74) is 8.35. The molecule has 8 heteroatoms. The van der Waals surface area contributed by atoms with E-state index in [0.717, 1.165) is 11.1 Å². The van der Waals surface area contributed by atoms with Gasteiger partial charge in [0, 0.05) is 17.5 Å². The molecule has 1 aromatic rings. The number of hydrogen-bond acceptors (Lipinski definition) is 6. The number of esters is 1. The van der Waals surface area contributed by atoms with E-state index in [4.69, 9.17) is 15.2 Å². The van der Waals surface area contributed by atoms with Crippen LogP contribution >= 0.6 is 0 Å². The highest BCUT2D eigenvalue weighted by atomic mass is 16.5. The van der Waals surface area contributed by atoms with Gasteiger partial charge in [0.2, 0.25) is 11.8 Å². The molecule has 0 fully saturated rings. The molecule has 0 bridgehead atoms. The minimum absolute atomic E-state index is 0.0896. The van der Waals surface area contributed by atoms with Gasteiger partial charge in [0.25, 0.3) is 0 Å². The number of nitrogens with two attached hydrogens (primary N) is 1. The van der Waals surface area contributed by atoms with Gasteiger partial charge in [-0.05, 0) is 38.2 Å². The lowest BCUT2D eigenvalue weighted by molar-refractivity contribution is -0.128. The molecule has 1 heterocycles. The van der Waals surface area contributed by atoms with Gasteiger partial charge in [0.1, 0.15) is 29.7 Å². The molecule has 1 aliphatic heterocycles. The molecule has 1 aliphatic rings. The normalized spacial score (nSPS) is 14.3. The minimum atomic E-state index is -0.697. The number of fused-ring (bicyclic) bond motifs is 1. The second kappa shape index (κ2) is 9.65. The van der Waals surface area contributed by atoms with Gasteiger partial charge in [-0.25, -0.2) is 4.79 Å². The minimum Gasteiger partial charge on any atom is -0.507 e. The number of hydrogen-bond donors (Lipinski definition) is 3. The highest BCUT2D eigenvalue weighted by molar-refractivity contribution is 5.98. The molecule has 1 atom stereocenters. The first-order valence-corrected chi connectivity index (χ1v) is 9.91. The Morgan fingerprint density at radius 1 is 1.33 bits per heavy atom. The number of phenols is 1. The zero-order chi connectivity index (χ0) is 22.6. The van der Waals surface area contributed by atoms with E-state index in [1.54, 1.807) is 0 Å². The number of allylic oxidation sites excluding steroid dienone is 2. The number of nitrogens with one attached hydrogen (secondary N) is 1. The fraction of sp³-hybridized carbons (Fsp3) is 0.500. The molecule has 1 unspecified atom stereocenters. The van der Waals surface area contributed by atoms with Crippen molar-refractivity contribution in [3.63, 3.8) is 0 Å². The van der Waals surface area contributed by atoms with Gasteiger partial charge in [-0.1, -0.05) is 25.5 Å². The molecular formula is C22H30N2O6. The SMILES string of the molecule is COc1c(C)c2c(c(O)c1C/C=C(/C)CCC(=O)NC(C(N)=O)C(C)C)C(=O)OC2. The maximum absolute atomic E-state index is 12.1. The molecule has 1 aromatic carbocycles. The number of carbonyl (C=O) groups is 3. The van der Waals surface area contributed by atoms with Gasteiger partial charge in [0.15, 0.2) is 0 Å². The van der Waals surface area contributed by atoms with Crippen LogP contribution in [0.15, 0.2) is 11.6 Å². The molecule has 0 radical (unpaired) electrons. The second-order valence-electron chi connectivity index (χ2n) is 7.86. The zero-order valence-electron chi connectivity index (χ0n) is 18.1. The van der Waals surface area contributed by atoms with Crippen molar-refractivity contribution in [1.29, 1.82) is 0 Å². The van der Waals surface area contributed by atoms with E-state index in [2.05, 4.69) is 5.32 Å². The van der Waals surface area contributed by atoms with Crippen LogP contribution in [0.5, 0.6) is 11.5 Å². The molecule has 8 nitrogen and oxygen atoms in total. The van der Waals surface area contributed by atoms with Gasteiger partial charge in [0.05, 0.1) is 7.11 Å². The lowest BCUT2D eigenvalue weighted by Gasteiger charge is -2.19. The van der Waals surface area contributed by atoms with Gasteiger partial charge in [-0.3, -0.25) is 9.59 Å². The number of methoxy groups -OCH3 is 1. The number of benzene rings is 1. The van der Waals surface area contributed by atoms with Crippen LogP contribution in [0.25, 0.3) is 0 Å². The van der Waals surface area contributed by atoms with Gasteiger partial charge in [-0.2, -0.15) is 0 Å². The smallest absolute Gasteiger partial charge is 0.342 e. The summed E-state index contributed by atoms with van der Waals surface area (Å²) in [7, 11) is 1.51. The molecular weight excluding hydrogens is 388 g/mol. The molecule has 0 aliphatic carbocycles. The summed E-state index contributed by atoms with van der Waals surface area (Å²) in [6.07, 6.45) is 2.90. The van der Waals surface area contributed by atoms with Crippen molar-refractivity contribution >= 4 is 17.8 Å². The van der Waals surface area contributed by atoms with E-state index < -0.39 is 17.9 Å². The summed E-state index contributed by atoms with van der Waals surface area (Å²) in [4.78, 5) is 35.5. The number of cyclic esters (lactones) is 1. The molecule has 2 rings (SSSR count). The summed E-state index contributed by atoms with van der Waals surface area (Å²) in [5.74, 6) is -1.05. The average molecular weight is 418 g/mol. The molecule has 0 saturated carbocycles.